The van der Waals surface area contributed by atoms with Gasteiger partial charge in [-0.25, -0.2) is 0 Å². The smallest absolute Gasteiger partial charge is 0.141 e. The van der Waals surface area contributed by atoms with E-state index in [0.29, 0.717) is 0 Å². The van der Waals surface area contributed by atoms with Crippen molar-refractivity contribution < 1.29 is 14.2 Å². The Bertz CT molecular complexity index is 774. The molecule has 0 atom stereocenters. The van der Waals surface area contributed by atoms with Crippen LogP contribution >= 0.6 is 0 Å². The predicted molar refractivity (Wildman–Crippen MR) is 128 cm³/mol. The van der Waals surface area contributed by atoms with Crippen molar-refractivity contribution in [3.63, 3.8) is 0 Å². The fourth-order valence-corrected chi connectivity index (χ4v) is 2.39. The van der Waals surface area contributed by atoms with E-state index >= 15 is 0 Å². The fourth-order valence-electron chi connectivity index (χ4n) is 2.39. The van der Waals surface area contributed by atoms with Gasteiger partial charge in [0.25, 0.3) is 0 Å². The lowest BCUT2D eigenvalue weighted by Gasteiger charge is -2.05. The SMILES string of the molecule is CNc1ccc(OC)cc1.CNc1cccc(OC)c1.CNc1ccccc1OC. The predicted octanol–water partition coefficient (Wildman–Crippen LogP) is 5.21. The van der Waals surface area contributed by atoms with Crippen LogP contribution in [0.2, 0.25) is 0 Å². The lowest BCUT2D eigenvalue weighted by atomic mass is 10.3. The van der Waals surface area contributed by atoms with Gasteiger partial charge in [-0.1, -0.05) is 18.2 Å². The molecule has 0 saturated carbocycles. The first kappa shape index (κ1) is 24.5. The van der Waals surface area contributed by atoms with E-state index in [2.05, 4.69) is 16.0 Å². The molecular weight excluding hydrogens is 378 g/mol. The first-order valence-electron chi connectivity index (χ1n) is 9.56. The van der Waals surface area contributed by atoms with Gasteiger partial charge >= 0.3 is 0 Å². The third-order valence-electron chi connectivity index (χ3n) is 4.11. The van der Waals surface area contributed by atoms with Crippen molar-refractivity contribution in [3.05, 3.63) is 72.8 Å². The van der Waals surface area contributed by atoms with E-state index in [1.807, 2.05) is 93.9 Å². The monoisotopic (exact) mass is 411 g/mol. The van der Waals surface area contributed by atoms with E-state index in [4.69, 9.17) is 14.2 Å². The van der Waals surface area contributed by atoms with E-state index in [0.717, 1.165) is 34.3 Å². The molecule has 30 heavy (non-hydrogen) atoms. The van der Waals surface area contributed by atoms with E-state index in [1.165, 1.54) is 0 Å². The molecule has 0 radical (unpaired) electrons. The average Bonchev–Trinajstić information content (AvgIpc) is 2.84. The summed E-state index contributed by atoms with van der Waals surface area (Å²) in [6.07, 6.45) is 0. The van der Waals surface area contributed by atoms with E-state index < -0.39 is 0 Å². The second kappa shape index (κ2) is 14.5. The second-order valence-electron chi connectivity index (χ2n) is 5.91. The molecule has 162 valence electrons. The Kier molecular flexibility index (Phi) is 11.8. The zero-order chi connectivity index (χ0) is 22.2. The van der Waals surface area contributed by atoms with Crippen LogP contribution < -0.4 is 30.2 Å². The summed E-state index contributed by atoms with van der Waals surface area (Å²) in [6.45, 7) is 0. The zero-order valence-corrected chi connectivity index (χ0v) is 18.7. The number of anilines is 3. The fraction of sp³-hybridized carbons (Fsp3) is 0.250. The summed E-state index contributed by atoms with van der Waals surface area (Å²) in [4.78, 5) is 0. The van der Waals surface area contributed by atoms with Crippen LogP contribution in [0.25, 0.3) is 0 Å². The van der Waals surface area contributed by atoms with Gasteiger partial charge in [0.05, 0.1) is 27.0 Å². The van der Waals surface area contributed by atoms with Crippen molar-refractivity contribution >= 4 is 17.1 Å². The van der Waals surface area contributed by atoms with E-state index in [-0.39, 0.29) is 0 Å². The molecule has 0 aliphatic heterocycles. The third-order valence-corrected chi connectivity index (χ3v) is 4.11. The van der Waals surface area contributed by atoms with Crippen molar-refractivity contribution in [3.8, 4) is 17.2 Å². The summed E-state index contributed by atoms with van der Waals surface area (Å²) in [5, 5.41) is 9.07. The van der Waals surface area contributed by atoms with Gasteiger partial charge in [0.15, 0.2) is 0 Å². The highest BCUT2D eigenvalue weighted by molar-refractivity contribution is 5.55. The number of rotatable bonds is 6. The number of hydrogen-bond donors (Lipinski definition) is 3. The number of ether oxygens (including phenoxy) is 3. The highest BCUT2D eigenvalue weighted by atomic mass is 16.5. The molecule has 0 amide bonds. The van der Waals surface area contributed by atoms with E-state index in [9.17, 15) is 0 Å². The highest BCUT2D eigenvalue weighted by Crippen LogP contribution is 2.21. The Morgan fingerprint density at radius 1 is 0.533 bits per heavy atom. The summed E-state index contributed by atoms with van der Waals surface area (Å²) >= 11 is 0. The quantitative estimate of drug-likeness (QED) is 0.517. The summed E-state index contributed by atoms with van der Waals surface area (Å²) < 4.78 is 15.1. The maximum atomic E-state index is 5.07. The van der Waals surface area contributed by atoms with Crippen molar-refractivity contribution in [2.45, 2.75) is 0 Å². The van der Waals surface area contributed by atoms with Crippen LogP contribution in [0.3, 0.4) is 0 Å². The molecule has 0 saturated heterocycles. The van der Waals surface area contributed by atoms with Crippen LogP contribution in [-0.2, 0) is 0 Å². The number of hydrogen-bond acceptors (Lipinski definition) is 6. The normalized spacial score (nSPS) is 9.00. The standard InChI is InChI=1S/3C8H11NO/c1-9-7-3-5-8(10-2)6-4-7;1-9-7-4-3-5-8(6-7)10-2;1-9-7-5-3-4-6-8(7)10-2/h3*3-6,9H,1-2H3. The Hall–Kier alpha value is -3.54. The minimum Gasteiger partial charge on any atom is -0.497 e. The van der Waals surface area contributed by atoms with Crippen LogP contribution in [0.4, 0.5) is 17.1 Å². The minimum absolute atomic E-state index is 0.880. The molecule has 3 rings (SSSR count). The largest absolute Gasteiger partial charge is 0.497 e. The number of para-hydroxylation sites is 2. The molecule has 0 fully saturated rings. The molecule has 0 spiro atoms. The summed E-state index contributed by atoms with van der Waals surface area (Å²) in [6, 6.07) is 23.4. The van der Waals surface area contributed by atoms with Gasteiger partial charge in [-0.2, -0.15) is 0 Å². The second-order valence-corrected chi connectivity index (χ2v) is 5.91. The molecule has 0 heterocycles. The van der Waals surface area contributed by atoms with Crippen molar-refractivity contribution in [2.75, 3.05) is 58.4 Å². The molecule has 6 nitrogen and oxygen atoms in total. The van der Waals surface area contributed by atoms with Crippen LogP contribution in [0.1, 0.15) is 0 Å². The van der Waals surface area contributed by atoms with Crippen molar-refractivity contribution in [2.24, 2.45) is 0 Å². The summed E-state index contributed by atoms with van der Waals surface area (Å²) in [7, 11) is 10.6. The van der Waals surface area contributed by atoms with Gasteiger partial charge < -0.3 is 30.2 Å². The molecule has 0 aromatic heterocycles. The average molecular weight is 412 g/mol. The van der Waals surface area contributed by atoms with Gasteiger partial charge in [0.2, 0.25) is 0 Å². The highest BCUT2D eigenvalue weighted by Gasteiger charge is 1.95. The Labute approximate surface area is 180 Å². The lowest BCUT2D eigenvalue weighted by molar-refractivity contribution is 0.415. The van der Waals surface area contributed by atoms with Crippen LogP contribution in [0, 0.1) is 0 Å². The molecule has 0 unspecified atom stereocenters. The first-order valence-corrected chi connectivity index (χ1v) is 9.56. The topological polar surface area (TPSA) is 63.8 Å². The van der Waals surface area contributed by atoms with Crippen LogP contribution in [0.15, 0.2) is 72.8 Å². The Morgan fingerprint density at radius 3 is 1.67 bits per heavy atom. The lowest BCUT2D eigenvalue weighted by Crippen LogP contribution is -1.91. The Balaban J connectivity index is 0.000000225. The molecule has 6 heteroatoms. The van der Waals surface area contributed by atoms with Crippen LogP contribution in [0.5, 0.6) is 17.2 Å². The van der Waals surface area contributed by atoms with Gasteiger partial charge in [0, 0.05) is 38.6 Å². The molecule has 0 aliphatic carbocycles. The maximum Gasteiger partial charge on any atom is 0.141 e. The number of methoxy groups -OCH3 is 3. The van der Waals surface area contributed by atoms with Crippen LogP contribution in [-0.4, -0.2) is 42.5 Å². The maximum absolute atomic E-state index is 5.07. The van der Waals surface area contributed by atoms with Crippen molar-refractivity contribution in [1.29, 1.82) is 0 Å². The minimum atomic E-state index is 0.880. The van der Waals surface area contributed by atoms with Crippen molar-refractivity contribution in [1.82, 2.24) is 0 Å². The molecular formula is C24H33N3O3. The molecule has 3 aromatic carbocycles. The first-order chi connectivity index (χ1) is 14.6. The zero-order valence-electron chi connectivity index (χ0n) is 18.7. The molecule has 3 aromatic rings. The van der Waals surface area contributed by atoms with Gasteiger partial charge in [-0.05, 0) is 48.5 Å². The molecule has 0 aliphatic rings. The van der Waals surface area contributed by atoms with Gasteiger partial charge in [-0.3, -0.25) is 0 Å². The Morgan fingerprint density at radius 2 is 1.17 bits per heavy atom. The summed E-state index contributed by atoms with van der Waals surface area (Å²) in [5.41, 5.74) is 3.19. The number of benzene rings is 3. The van der Waals surface area contributed by atoms with Gasteiger partial charge in [0.1, 0.15) is 17.2 Å². The third kappa shape index (κ3) is 8.65. The van der Waals surface area contributed by atoms with E-state index in [1.54, 1.807) is 21.3 Å². The van der Waals surface area contributed by atoms with Gasteiger partial charge in [-0.15, -0.1) is 0 Å². The molecule has 0 bridgehead atoms. The number of nitrogens with one attached hydrogen (secondary N) is 3. The molecule has 3 N–H and O–H groups in total. The summed E-state index contributed by atoms with van der Waals surface area (Å²) in [5.74, 6) is 2.65.